The maximum atomic E-state index is 12.0. The van der Waals surface area contributed by atoms with Crippen LogP contribution < -0.4 is 5.32 Å². The highest BCUT2D eigenvalue weighted by Gasteiger charge is 2.25. The van der Waals surface area contributed by atoms with Crippen LogP contribution in [0.4, 0.5) is 0 Å². The fraction of sp³-hybridized carbons (Fsp3) is 0.519. The quantitative estimate of drug-likeness (QED) is 0.157. The van der Waals surface area contributed by atoms with Crippen LogP contribution in [0, 0.1) is 0 Å². The summed E-state index contributed by atoms with van der Waals surface area (Å²) in [6.45, 7) is 6.56. The van der Waals surface area contributed by atoms with E-state index in [1.165, 1.54) is 18.9 Å². The van der Waals surface area contributed by atoms with Crippen LogP contribution in [-0.4, -0.2) is 23.2 Å². The van der Waals surface area contributed by atoms with Gasteiger partial charge in [-0.05, 0) is 32.6 Å². The number of amides is 1. The molecule has 2 N–H and O–H groups in total. The highest BCUT2D eigenvalue weighted by atomic mass is 16.3. The van der Waals surface area contributed by atoms with E-state index >= 15 is 0 Å². The second kappa shape index (κ2) is 20.2. The zero-order chi connectivity index (χ0) is 22.3. The Morgan fingerprint density at radius 1 is 0.800 bits per heavy atom. The van der Waals surface area contributed by atoms with Crippen molar-refractivity contribution in [2.75, 3.05) is 6.54 Å². The summed E-state index contributed by atoms with van der Waals surface area (Å²) in [5.41, 5.74) is -0.790. The monoisotopic (exact) mass is 413 g/mol. The van der Waals surface area contributed by atoms with Crippen LogP contribution in [0.25, 0.3) is 0 Å². The van der Waals surface area contributed by atoms with E-state index in [1.807, 2.05) is 49.5 Å². The smallest absolute Gasteiger partial charge is 0.244 e. The van der Waals surface area contributed by atoms with Crippen LogP contribution in [0.15, 0.2) is 72.9 Å². The van der Waals surface area contributed by atoms with Gasteiger partial charge in [-0.1, -0.05) is 113 Å². The molecule has 0 aliphatic rings. The minimum Gasteiger partial charge on any atom is -0.388 e. The molecular formula is C27H43NO2. The van der Waals surface area contributed by atoms with Gasteiger partial charge in [0.2, 0.25) is 5.91 Å². The van der Waals surface area contributed by atoms with Crippen LogP contribution in [0.1, 0.15) is 78.6 Å². The minimum atomic E-state index is -0.790. The van der Waals surface area contributed by atoms with E-state index in [2.05, 4.69) is 37.4 Å². The molecule has 0 bridgehead atoms. The lowest BCUT2D eigenvalue weighted by Gasteiger charge is -2.28. The van der Waals surface area contributed by atoms with Gasteiger partial charge in [0.25, 0.3) is 0 Å². The van der Waals surface area contributed by atoms with Crippen molar-refractivity contribution in [2.45, 2.75) is 84.2 Å². The van der Waals surface area contributed by atoms with E-state index in [1.54, 1.807) is 6.08 Å². The van der Waals surface area contributed by atoms with Gasteiger partial charge in [0, 0.05) is 12.6 Å². The molecule has 0 heterocycles. The van der Waals surface area contributed by atoms with Crippen LogP contribution in [0.2, 0.25) is 0 Å². The lowest BCUT2D eigenvalue weighted by molar-refractivity contribution is -0.118. The maximum Gasteiger partial charge on any atom is 0.244 e. The highest BCUT2D eigenvalue weighted by Crippen LogP contribution is 2.20. The highest BCUT2D eigenvalue weighted by molar-refractivity contribution is 5.87. The fourth-order valence-electron chi connectivity index (χ4n) is 3.01. The van der Waals surface area contributed by atoms with E-state index in [0.717, 1.165) is 44.9 Å². The van der Waals surface area contributed by atoms with Crippen molar-refractivity contribution in [1.29, 1.82) is 0 Å². The third kappa shape index (κ3) is 17.9. The fourth-order valence-corrected chi connectivity index (χ4v) is 3.01. The van der Waals surface area contributed by atoms with Crippen molar-refractivity contribution in [3.8, 4) is 0 Å². The van der Waals surface area contributed by atoms with Crippen molar-refractivity contribution in [3.05, 3.63) is 72.9 Å². The van der Waals surface area contributed by atoms with E-state index in [0.29, 0.717) is 6.54 Å². The summed E-state index contributed by atoms with van der Waals surface area (Å²) in [5.74, 6) is -0.164. The van der Waals surface area contributed by atoms with Crippen LogP contribution in [0.3, 0.4) is 0 Å². The predicted molar refractivity (Wildman–Crippen MR) is 131 cm³/mol. The number of allylic oxidation sites excluding steroid dienone is 11. The Hall–Kier alpha value is -2.13. The Bertz CT molecular complexity index is 596. The molecule has 0 aromatic carbocycles. The minimum absolute atomic E-state index is 0.164. The third-order valence-corrected chi connectivity index (χ3v) is 4.68. The van der Waals surface area contributed by atoms with Gasteiger partial charge in [0.15, 0.2) is 0 Å². The molecule has 0 spiro atoms. The molecule has 0 aromatic heterocycles. The second-order valence-electron chi connectivity index (χ2n) is 7.59. The number of hydrogen-bond donors (Lipinski definition) is 2. The molecule has 0 fully saturated rings. The predicted octanol–water partition coefficient (Wildman–Crippen LogP) is 6.74. The number of nitrogens with one attached hydrogen (secondary N) is 1. The van der Waals surface area contributed by atoms with E-state index < -0.39 is 5.60 Å². The number of unbranched alkanes of at least 4 members (excludes halogenated alkanes) is 4. The number of carbonyl (C=O) groups excluding carboxylic acids is 1. The SMILES string of the molecule is CC=CC=CC=CCCC=CC=CC=CC(=O)NCC(O)(CCC)CCCCCC. The van der Waals surface area contributed by atoms with Gasteiger partial charge in [-0.15, -0.1) is 0 Å². The van der Waals surface area contributed by atoms with Crippen molar-refractivity contribution in [2.24, 2.45) is 0 Å². The summed E-state index contributed by atoms with van der Waals surface area (Å²) in [4.78, 5) is 12.0. The lowest BCUT2D eigenvalue weighted by Crippen LogP contribution is -2.42. The summed E-state index contributed by atoms with van der Waals surface area (Å²) in [5, 5.41) is 13.6. The van der Waals surface area contributed by atoms with Crippen molar-refractivity contribution in [3.63, 3.8) is 0 Å². The van der Waals surface area contributed by atoms with Crippen LogP contribution in [-0.2, 0) is 4.79 Å². The van der Waals surface area contributed by atoms with Gasteiger partial charge >= 0.3 is 0 Å². The molecule has 3 nitrogen and oxygen atoms in total. The summed E-state index contributed by atoms with van der Waals surface area (Å²) < 4.78 is 0. The molecule has 1 unspecified atom stereocenters. The molecule has 0 saturated heterocycles. The molecule has 0 radical (unpaired) electrons. The average Bonchev–Trinajstić information content (AvgIpc) is 2.73. The molecule has 30 heavy (non-hydrogen) atoms. The van der Waals surface area contributed by atoms with Gasteiger partial charge in [0.05, 0.1) is 5.60 Å². The van der Waals surface area contributed by atoms with Gasteiger partial charge < -0.3 is 10.4 Å². The Balaban J connectivity index is 4.12. The number of carbonyl (C=O) groups is 1. The zero-order valence-corrected chi connectivity index (χ0v) is 19.4. The van der Waals surface area contributed by atoms with Gasteiger partial charge in [-0.25, -0.2) is 0 Å². The molecule has 168 valence electrons. The second-order valence-corrected chi connectivity index (χ2v) is 7.59. The summed E-state index contributed by atoms with van der Waals surface area (Å²) >= 11 is 0. The third-order valence-electron chi connectivity index (χ3n) is 4.68. The zero-order valence-electron chi connectivity index (χ0n) is 19.4. The summed E-state index contributed by atoms with van der Waals surface area (Å²) in [6, 6.07) is 0. The van der Waals surface area contributed by atoms with E-state index in [-0.39, 0.29) is 5.91 Å². The molecule has 0 saturated carbocycles. The Kier molecular flexibility index (Phi) is 18.7. The molecule has 0 rings (SSSR count). The molecule has 1 amide bonds. The summed E-state index contributed by atoms with van der Waals surface area (Å²) in [7, 11) is 0. The maximum absolute atomic E-state index is 12.0. The molecule has 0 aliphatic carbocycles. The van der Waals surface area contributed by atoms with Crippen molar-refractivity contribution >= 4 is 5.91 Å². The molecule has 3 heteroatoms. The number of rotatable bonds is 17. The first-order valence-electron chi connectivity index (χ1n) is 11.5. The molecule has 0 aliphatic heterocycles. The molecular weight excluding hydrogens is 370 g/mol. The van der Waals surface area contributed by atoms with Gasteiger partial charge in [-0.3, -0.25) is 4.79 Å². The van der Waals surface area contributed by atoms with E-state index in [9.17, 15) is 9.90 Å². The van der Waals surface area contributed by atoms with Crippen molar-refractivity contribution in [1.82, 2.24) is 5.32 Å². The summed E-state index contributed by atoms with van der Waals surface area (Å²) in [6.07, 6.45) is 32.2. The molecule has 1 atom stereocenters. The van der Waals surface area contributed by atoms with Crippen LogP contribution >= 0.6 is 0 Å². The van der Waals surface area contributed by atoms with Crippen LogP contribution in [0.5, 0.6) is 0 Å². The normalized spacial score (nSPS) is 14.9. The van der Waals surface area contributed by atoms with Gasteiger partial charge in [0.1, 0.15) is 0 Å². The lowest BCUT2D eigenvalue weighted by atomic mass is 9.91. The molecule has 0 aromatic rings. The first kappa shape index (κ1) is 27.9. The standard InChI is InChI=1S/C27H43NO2/c1-4-7-9-11-12-13-14-15-16-17-18-19-20-22-26(29)28-25-27(30,23-6-3)24-21-10-8-5-2/h4,7,9,11-13,16-20,22,30H,5-6,8,10,14-15,21,23-25H2,1-3H3,(H,28,29). The first-order valence-corrected chi connectivity index (χ1v) is 11.5. The largest absolute Gasteiger partial charge is 0.388 e. The van der Waals surface area contributed by atoms with Gasteiger partial charge in [-0.2, -0.15) is 0 Å². The average molecular weight is 414 g/mol. The van der Waals surface area contributed by atoms with E-state index in [4.69, 9.17) is 0 Å². The van der Waals surface area contributed by atoms with Crippen molar-refractivity contribution < 1.29 is 9.90 Å². The first-order chi connectivity index (χ1) is 14.6. The Labute approximate surface area is 185 Å². The Morgan fingerprint density at radius 3 is 2.03 bits per heavy atom. The number of hydrogen-bond acceptors (Lipinski definition) is 2. The Morgan fingerprint density at radius 2 is 1.43 bits per heavy atom. The number of aliphatic hydroxyl groups is 1. The topological polar surface area (TPSA) is 49.3 Å².